The van der Waals surface area contributed by atoms with Crippen LogP contribution >= 0.6 is 0 Å². The molecule has 27 heavy (non-hydrogen) atoms. The molecular weight excluding hydrogens is 338 g/mol. The topological polar surface area (TPSA) is 57.6 Å². The predicted molar refractivity (Wildman–Crippen MR) is 106 cm³/mol. The van der Waals surface area contributed by atoms with Crippen molar-refractivity contribution in [3.05, 3.63) is 70.8 Å². The fourth-order valence-corrected chi connectivity index (χ4v) is 3.88. The summed E-state index contributed by atoms with van der Waals surface area (Å²) in [5, 5.41) is 9.33. The Morgan fingerprint density at radius 3 is 2.52 bits per heavy atom. The SMILES string of the molecule is Cc1cccc(CCC(=O)N2CCC(Cc3ccccc3C(=O)O)CC2)c1. The van der Waals surface area contributed by atoms with Crippen LogP contribution < -0.4 is 0 Å². The van der Waals surface area contributed by atoms with E-state index in [-0.39, 0.29) is 5.91 Å². The molecule has 0 aliphatic carbocycles. The highest BCUT2D eigenvalue weighted by Gasteiger charge is 2.24. The van der Waals surface area contributed by atoms with Gasteiger partial charge in [0.1, 0.15) is 0 Å². The number of aromatic carboxylic acids is 1. The van der Waals surface area contributed by atoms with Crippen molar-refractivity contribution < 1.29 is 14.7 Å². The van der Waals surface area contributed by atoms with E-state index in [1.807, 2.05) is 23.1 Å². The predicted octanol–water partition coefficient (Wildman–Crippen LogP) is 4.11. The maximum atomic E-state index is 12.5. The number of carbonyl (C=O) groups is 2. The summed E-state index contributed by atoms with van der Waals surface area (Å²) in [7, 11) is 0. The number of hydrogen-bond acceptors (Lipinski definition) is 2. The van der Waals surface area contributed by atoms with E-state index in [9.17, 15) is 14.7 Å². The van der Waals surface area contributed by atoms with Crippen molar-refractivity contribution in [2.24, 2.45) is 5.92 Å². The Balaban J connectivity index is 1.48. The van der Waals surface area contributed by atoms with E-state index in [0.29, 0.717) is 17.9 Å². The van der Waals surface area contributed by atoms with Crippen molar-refractivity contribution in [2.75, 3.05) is 13.1 Å². The third-order valence-electron chi connectivity index (χ3n) is 5.43. The van der Waals surface area contributed by atoms with Crippen molar-refractivity contribution in [2.45, 2.75) is 39.0 Å². The van der Waals surface area contributed by atoms with Crippen LogP contribution in [0.3, 0.4) is 0 Å². The molecule has 142 valence electrons. The lowest BCUT2D eigenvalue weighted by atomic mass is 9.88. The summed E-state index contributed by atoms with van der Waals surface area (Å²) in [5.74, 6) is -0.207. The van der Waals surface area contributed by atoms with E-state index in [0.717, 1.165) is 44.3 Å². The van der Waals surface area contributed by atoms with Gasteiger partial charge in [0, 0.05) is 19.5 Å². The summed E-state index contributed by atoms with van der Waals surface area (Å²) in [5.41, 5.74) is 3.73. The first-order chi connectivity index (χ1) is 13.0. The van der Waals surface area contributed by atoms with Crippen molar-refractivity contribution in [3.8, 4) is 0 Å². The summed E-state index contributed by atoms with van der Waals surface area (Å²) >= 11 is 0. The van der Waals surface area contributed by atoms with E-state index in [2.05, 4.69) is 25.1 Å². The number of rotatable bonds is 6. The number of likely N-dealkylation sites (tertiary alicyclic amines) is 1. The van der Waals surface area contributed by atoms with Gasteiger partial charge >= 0.3 is 5.97 Å². The second-order valence-corrected chi connectivity index (χ2v) is 7.48. The van der Waals surface area contributed by atoms with E-state index in [1.165, 1.54) is 11.1 Å². The molecule has 1 N–H and O–H groups in total. The maximum Gasteiger partial charge on any atom is 0.335 e. The van der Waals surface area contributed by atoms with Crippen LogP contribution in [0, 0.1) is 12.8 Å². The lowest BCUT2D eigenvalue weighted by Gasteiger charge is -2.32. The molecule has 1 aliphatic heterocycles. The Morgan fingerprint density at radius 1 is 1.07 bits per heavy atom. The molecule has 0 aromatic heterocycles. The normalized spacial score (nSPS) is 14.9. The first-order valence-electron chi connectivity index (χ1n) is 9.67. The van der Waals surface area contributed by atoms with Crippen molar-refractivity contribution in [1.29, 1.82) is 0 Å². The minimum absolute atomic E-state index is 0.223. The molecule has 4 heteroatoms. The van der Waals surface area contributed by atoms with Gasteiger partial charge in [-0.2, -0.15) is 0 Å². The molecule has 0 spiro atoms. The van der Waals surface area contributed by atoms with Gasteiger partial charge in [-0.05, 0) is 55.7 Å². The zero-order chi connectivity index (χ0) is 19.2. The number of carboxylic acids is 1. The molecule has 1 fully saturated rings. The second-order valence-electron chi connectivity index (χ2n) is 7.48. The third-order valence-corrected chi connectivity index (χ3v) is 5.43. The number of piperidine rings is 1. The van der Waals surface area contributed by atoms with E-state index in [4.69, 9.17) is 0 Å². The van der Waals surface area contributed by atoms with Gasteiger partial charge < -0.3 is 10.0 Å². The van der Waals surface area contributed by atoms with Gasteiger partial charge in [-0.1, -0.05) is 48.0 Å². The van der Waals surface area contributed by atoms with Crippen molar-refractivity contribution in [1.82, 2.24) is 4.90 Å². The second kappa shape index (κ2) is 8.85. The Morgan fingerprint density at radius 2 is 1.81 bits per heavy atom. The van der Waals surface area contributed by atoms with Crippen molar-refractivity contribution >= 4 is 11.9 Å². The minimum Gasteiger partial charge on any atom is -0.478 e. The number of nitrogens with zero attached hydrogens (tertiary/aromatic N) is 1. The van der Waals surface area contributed by atoms with Crippen LogP contribution in [-0.2, 0) is 17.6 Å². The first kappa shape index (κ1) is 19.2. The quantitative estimate of drug-likeness (QED) is 0.838. The average Bonchev–Trinajstić information content (AvgIpc) is 2.67. The lowest BCUT2D eigenvalue weighted by Crippen LogP contribution is -2.39. The molecule has 0 unspecified atom stereocenters. The highest BCUT2D eigenvalue weighted by molar-refractivity contribution is 5.89. The van der Waals surface area contributed by atoms with E-state index >= 15 is 0 Å². The molecule has 0 saturated carbocycles. The number of carboxylic acid groups (broad SMARTS) is 1. The summed E-state index contributed by atoms with van der Waals surface area (Å²) in [6.07, 6.45) is 3.98. The molecule has 3 rings (SSSR count). The third kappa shape index (κ3) is 5.19. The molecule has 0 radical (unpaired) electrons. The van der Waals surface area contributed by atoms with Crippen LogP contribution in [-0.4, -0.2) is 35.0 Å². The molecular formula is C23H27NO3. The van der Waals surface area contributed by atoms with Gasteiger partial charge in [-0.25, -0.2) is 4.79 Å². The first-order valence-corrected chi connectivity index (χ1v) is 9.67. The standard InChI is InChI=1S/C23H27NO3/c1-17-5-4-6-18(15-17)9-10-22(25)24-13-11-19(12-14-24)16-20-7-2-3-8-21(20)23(26)27/h2-8,15,19H,9-14,16H2,1H3,(H,26,27). The van der Waals surface area contributed by atoms with E-state index < -0.39 is 5.97 Å². The van der Waals surface area contributed by atoms with Gasteiger partial charge in [0.15, 0.2) is 0 Å². The van der Waals surface area contributed by atoms with Crippen LogP contribution in [0.4, 0.5) is 0 Å². The molecule has 1 aliphatic rings. The zero-order valence-corrected chi connectivity index (χ0v) is 15.9. The molecule has 0 atom stereocenters. The monoisotopic (exact) mass is 365 g/mol. The molecule has 2 aromatic rings. The molecule has 1 amide bonds. The van der Waals surface area contributed by atoms with Crippen LogP contribution in [0.2, 0.25) is 0 Å². The largest absolute Gasteiger partial charge is 0.478 e. The van der Waals surface area contributed by atoms with Gasteiger partial charge in [0.2, 0.25) is 5.91 Å². The Hall–Kier alpha value is -2.62. The number of benzene rings is 2. The fourth-order valence-electron chi connectivity index (χ4n) is 3.88. The lowest BCUT2D eigenvalue weighted by molar-refractivity contribution is -0.132. The van der Waals surface area contributed by atoms with Gasteiger partial charge in [-0.3, -0.25) is 4.79 Å². The number of amides is 1. The Kier molecular flexibility index (Phi) is 6.28. The van der Waals surface area contributed by atoms with E-state index in [1.54, 1.807) is 12.1 Å². The summed E-state index contributed by atoms with van der Waals surface area (Å²) in [6.45, 7) is 3.61. The zero-order valence-electron chi connectivity index (χ0n) is 15.9. The summed E-state index contributed by atoms with van der Waals surface area (Å²) in [4.78, 5) is 25.8. The highest BCUT2D eigenvalue weighted by Crippen LogP contribution is 2.24. The molecule has 1 saturated heterocycles. The van der Waals surface area contributed by atoms with Crippen molar-refractivity contribution in [3.63, 3.8) is 0 Å². The summed E-state index contributed by atoms with van der Waals surface area (Å²) in [6, 6.07) is 15.6. The Bertz CT molecular complexity index is 807. The minimum atomic E-state index is -0.866. The maximum absolute atomic E-state index is 12.5. The molecule has 2 aromatic carbocycles. The van der Waals surface area contributed by atoms with Gasteiger partial charge in [0.25, 0.3) is 0 Å². The van der Waals surface area contributed by atoms with Crippen LogP contribution in [0.5, 0.6) is 0 Å². The highest BCUT2D eigenvalue weighted by atomic mass is 16.4. The smallest absolute Gasteiger partial charge is 0.335 e. The van der Waals surface area contributed by atoms with Crippen LogP contribution in [0.15, 0.2) is 48.5 Å². The summed E-state index contributed by atoms with van der Waals surface area (Å²) < 4.78 is 0. The van der Waals surface area contributed by atoms with Crippen LogP contribution in [0.25, 0.3) is 0 Å². The molecule has 1 heterocycles. The average molecular weight is 365 g/mol. The number of aryl methyl sites for hydroxylation is 2. The van der Waals surface area contributed by atoms with Gasteiger partial charge in [0.05, 0.1) is 5.56 Å². The Labute approximate surface area is 160 Å². The number of carbonyl (C=O) groups excluding carboxylic acids is 1. The van der Waals surface area contributed by atoms with Crippen LogP contribution in [0.1, 0.15) is 46.3 Å². The molecule has 4 nitrogen and oxygen atoms in total. The molecule has 0 bridgehead atoms. The fraction of sp³-hybridized carbons (Fsp3) is 0.391. The number of hydrogen-bond donors (Lipinski definition) is 1. The van der Waals surface area contributed by atoms with Gasteiger partial charge in [-0.15, -0.1) is 0 Å².